The third kappa shape index (κ3) is 5.42. The predicted molar refractivity (Wildman–Crippen MR) is 122 cm³/mol. The number of benzene rings is 1. The van der Waals surface area contributed by atoms with Crippen LogP contribution in [-0.4, -0.2) is 44.0 Å². The molecular weight excluding hydrogens is 434 g/mol. The lowest BCUT2D eigenvalue weighted by Gasteiger charge is -2.41. The Balaban J connectivity index is 1.38. The molecule has 2 aromatic rings. The third-order valence-electron chi connectivity index (χ3n) is 5.70. The number of nitrogens with one attached hydrogen (secondary N) is 2. The summed E-state index contributed by atoms with van der Waals surface area (Å²) in [4.78, 5) is 12.5. The Morgan fingerprint density at radius 2 is 2.26 bits per heavy atom. The van der Waals surface area contributed by atoms with Gasteiger partial charge in [-0.1, -0.05) is 30.0 Å². The molecule has 2 fully saturated rings. The Morgan fingerprint density at radius 1 is 1.39 bits per heavy atom. The second-order valence-electron chi connectivity index (χ2n) is 8.07. The van der Waals surface area contributed by atoms with Crippen molar-refractivity contribution in [3.05, 3.63) is 48.3 Å². The Hall–Kier alpha value is -2.03. The molecular formula is C22H28ClN5O2S. The first kappa shape index (κ1) is 22.2. The van der Waals surface area contributed by atoms with E-state index in [1.165, 1.54) is 0 Å². The number of thioether (sulfide) groups is 1. The Morgan fingerprint density at radius 3 is 3.06 bits per heavy atom. The van der Waals surface area contributed by atoms with Crippen molar-refractivity contribution >= 4 is 29.3 Å². The normalized spacial score (nSPS) is 25.5. The van der Waals surface area contributed by atoms with Gasteiger partial charge in [-0.05, 0) is 43.9 Å². The SMILES string of the molecule is C=CCn1c(COc2cccc(C)c2)nnc1SCC1NC(=O)C2CCC(Cl)CC2N1. The fourth-order valence-electron chi connectivity index (χ4n) is 4.14. The quantitative estimate of drug-likeness (QED) is 0.357. The highest BCUT2D eigenvalue weighted by Gasteiger charge is 2.39. The predicted octanol–water partition coefficient (Wildman–Crippen LogP) is 3.27. The first-order valence-electron chi connectivity index (χ1n) is 10.6. The van der Waals surface area contributed by atoms with Gasteiger partial charge in [-0.15, -0.1) is 28.4 Å². The van der Waals surface area contributed by atoms with Crippen LogP contribution in [0.5, 0.6) is 5.75 Å². The lowest BCUT2D eigenvalue weighted by molar-refractivity contribution is -0.130. The molecule has 2 aliphatic rings. The minimum absolute atomic E-state index is 0.0195. The van der Waals surface area contributed by atoms with Crippen LogP contribution in [0.4, 0.5) is 0 Å². The maximum Gasteiger partial charge on any atom is 0.225 e. The van der Waals surface area contributed by atoms with Crippen molar-refractivity contribution < 1.29 is 9.53 Å². The standard InChI is InChI=1S/C22H28ClN5O2S/c1-3-9-28-20(12-30-16-6-4-5-14(2)10-16)26-27-22(28)31-13-19-24-18-11-15(23)7-8-17(18)21(29)25-19/h3-6,10,15,17-19,24H,1,7-9,11-13H2,2H3,(H,25,29). The Labute approximate surface area is 192 Å². The summed E-state index contributed by atoms with van der Waals surface area (Å²) < 4.78 is 7.90. The molecule has 1 aromatic carbocycles. The van der Waals surface area contributed by atoms with Gasteiger partial charge < -0.3 is 10.1 Å². The molecule has 1 aliphatic carbocycles. The average Bonchev–Trinajstić information content (AvgIpc) is 3.12. The number of aryl methyl sites for hydroxylation is 1. The van der Waals surface area contributed by atoms with E-state index in [4.69, 9.17) is 16.3 Å². The number of hydrogen-bond donors (Lipinski definition) is 2. The molecule has 1 amide bonds. The number of alkyl halides is 1. The van der Waals surface area contributed by atoms with E-state index >= 15 is 0 Å². The summed E-state index contributed by atoms with van der Waals surface area (Å²) >= 11 is 7.88. The van der Waals surface area contributed by atoms with E-state index in [9.17, 15) is 4.79 Å². The number of ether oxygens (including phenoxy) is 1. The van der Waals surface area contributed by atoms with Crippen molar-refractivity contribution in [2.45, 2.75) is 62.1 Å². The van der Waals surface area contributed by atoms with Crippen molar-refractivity contribution in [3.8, 4) is 5.75 Å². The van der Waals surface area contributed by atoms with Gasteiger partial charge in [0.2, 0.25) is 5.91 Å². The summed E-state index contributed by atoms with van der Waals surface area (Å²) in [5.41, 5.74) is 1.14. The van der Waals surface area contributed by atoms with E-state index in [-0.39, 0.29) is 29.4 Å². The van der Waals surface area contributed by atoms with Gasteiger partial charge in [-0.25, -0.2) is 0 Å². The molecule has 0 radical (unpaired) electrons. The van der Waals surface area contributed by atoms with Gasteiger partial charge in [0.15, 0.2) is 11.0 Å². The average molecular weight is 462 g/mol. The molecule has 2 heterocycles. The first-order chi connectivity index (χ1) is 15.0. The molecule has 0 spiro atoms. The second-order valence-corrected chi connectivity index (χ2v) is 9.67. The van der Waals surface area contributed by atoms with Crippen molar-refractivity contribution in [2.24, 2.45) is 5.92 Å². The molecule has 7 nitrogen and oxygen atoms in total. The van der Waals surface area contributed by atoms with Crippen LogP contribution < -0.4 is 15.4 Å². The number of fused-ring (bicyclic) bond motifs is 1. The monoisotopic (exact) mass is 461 g/mol. The fraction of sp³-hybridized carbons (Fsp3) is 0.500. The van der Waals surface area contributed by atoms with Crippen molar-refractivity contribution in [2.75, 3.05) is 5.75 Å². The summed E-state index contributed by atoms with van der Waals surface area (Å²) in [6, 6.07) is 8.06. The van der Waals surface area contributed by atoms with E-state index in [2.05, 4.69) is 27.4 Å². The lowest BCUT2D eigenvalue weighted by Crippen LogP contribution is -2.63. The minimum Gasteiger partial charge on any atom is -0.486 e. The maximum atomic E-state index is 12.5. The summed E-state index contributed by atoms with van der Waals surface area (Å²) in [7, 11) is 0. The van der Waals surface area contributed by atoms with E-state index in [0.717, 1.165) is 41.6 Å². The number of halogens is 1. The highest BCUT2D eigenvalue weighted by Crippen LogP contribution is 2.31. The fourth-order valence-corrected chi connectivity index (χ4v) is 5.39. The Kier molecular flexibility index (Phi) is 7.20. The number of nitrogens with zero attached hydrogens (tertiary/aromatic N) is 3. The van der Waals surface area contributed by atoms with E-state index in [0.29, 0.717) is 18.9 Å². The van der Waals surface area contributed by atoms with Gasteiger partial charge in [-0.2, -0.15) is 0 Å². The van der Waals surface area contributed by atoms with Crippen molar-refractivity contribution in [1.29, 1.82) is 0 Å². The number of amides is 1. The molecule has 1 saturated heterocycles. The summed E-state index contributed by atoms with van der Waals surface area (Å²) in [5, 5.41) is 16.2. The lowest BCUT2D eigenvalue weighted by atomic mass is 9.82. The van der Waals surface area contributed by atoms with Gasteiger partial charge in [0.05, 0.1) is 12.1 Å². The molecule has 4 rings (SSSR count). The minimum atomic E-state index is -0.124. The number of allylic oxidation sites excluding steroid dienone is 1. The van der Waals surface area contributed by atoms with Crippen LogP contribution in [0.3, 0.4) is 0 Å². The van der Waals surface area contributed by atoms with E-state index in [1.807, 2.05) is 41.8 Å². The van der Waals surface area contributed by atoms with Crippen LogP contribution in [0.25, 0.3) is 0 Å². The number of hydrogen-bond acceptors (Lipinski definition) is 6. The molecule has 1 saturated carbocycles. The second kappa shape index (κ2) is 10.1. The molecule has 4 atom stereocenters. The molecule has 1 aliphatic heterocycles. The van der Waals surface area contributed by atoms with Crippen LogP contribution in [-0.2, 0) is 17.9 Å². The van der Waals surface area contributed by atoms with Crippen molar-refractivity contribution in [3.63, 3.8) is 0 Å². The van der Waals surface area contributed by atoms with E-state index < -0.39 is 0 Å². The number of aromatic nitrogens is 3. The topological polar surface area (TPSA) is 81.1 Å². The molecule has 9 heteroatoms. The highest BCUT2D eigenvalue weighted by atomic mass is 35.5. The largest absolute Gasteiger partial charge is 0.486 e. The molecule has 0 bridgehead atoms. The van der Waals surface area contributed by atoms with Crippen LogP contribution in [0, 0.1) is 12.8 Å². The Bertz CT molecular complexity index is 936. The molecule has 4 unspecified atom stereocenters. The van der Waals surface area contributed by atoms with Crippen LogP contribution >= 0.6 is 23.4 Å². The zero-order valence-electron chi connectivity index (χ0n) is 17.6. The van der Waals surface area contributed by atoms with Crippen LogP contribution in [0.1, 0.15) is 30.7 Å². The molecule has 31 heavy (non-hydrogen) atoms. The zero-order valence-corrected chi connectivity index (χ0v) is 19.2. The van der Waals surface area contributed by atoms with Gasteiger partial charge in [-0.3, -0.25) is 14.7 Å². The highest BCUT2D eigenvalue weighted by molar-refractivity contribution is 7.99. The summed E-state index contributed by atoms with van der Waals surface area (Å²) in [5.74, 6) is 2.33. The van der Waals surface area contributed by atoms with Gasteiger partial charge >= 0.3 is 0 Å². The summed E-state index contributed by atoms with van der Waals surface area (Å²) in [6.07, 6.45) is 4.26. The zero-order chi connectivity index (χ0) is 21.8. The molecule has 166 valence electrons. The molecule has 2 N–H and O–H groups in total. The van der Waals surface area contributed by atoms with Crippen LogP contribution in [0.2, 0.25) is 0 Å². The van der Waals surface area contributed by atoms with Crippen LogP contribution in [0.15, 0.2) is 42.1 Å². The van der Waals surface area contributed by atoms with Gasteiger partial charge in [0.1, 0.15) is 12.4 Å². The maximum absolute atomic E-state index is 12.5. The van der Waals surface area contributed by atoms with Gasteiger partial charge in [0, 0.05) is 23.7 Å². The number of rotatable bonds is 8. The first-order valence-corrected chi connectivity index (χ1v) is 12.0. The van der Waals surface area contributed by atoms with Crippen molar-refractivity contribution in [1.82, 2.24) is 25.4 Å². The number of carbonyl (C=O) groups excluding carboxylic acids is 1. The molecule has 1 aromatic heterocycles. The smallest absolute Gasteiger partial charge is 0.225 e. The van der Waals surface area contributed by atoms with Gasteiger partial charge in [0.25, 0.3) is 0 Å². The van der Waals surface area contributed by atoms with E-state index in [1.54, 1.807) is 11.8 Å². The number of carbonyl (C=O) groups is 1. The third-order valence-corrected chi connectivity index (χ3v) is 7.15. The summed E-state index contributed by atoms with van der Waals surface area (Å²) in [6.45, 7) is 6.79.